The number of halogens is 1. The van der Waals surface area contributed by atoms with E-state index in [1.165, 1.54) is 5.56 Å². The van der Waals surface area contributed by atoms with Crippen LogP contribution in [0, 0.1) is 0 Å². The second-order valence-corrected chi connectivity index (χ2v) is 8.39. The quantitative estimate of drug-likeness (QED) is 0.698. The largest absolute Gasteiger partial charge is 0.492 e. The summed E-state index contributed by atoms with van der Waals surface area (Å²) < 4.78 is 5.59. The molecule has 0 atom stereocenters. The van der Waals surface area contributed by atoms with E-state index in [4.69, 9.17) is 16.3 Å². The number of likely N-dealkylation sites (N-methyl/N-ethyl adjacent to an activating group) is 1. The second kappa shape index (κ2) is 10.3. The van der Waals surface area contributed by atoms with Crippen LogP contribution in [-0.2, 0) is 10.2 Å². The summed E-state index contributed by atoms with van der Waals surface area (Å²) in [6.07, 6.45) is 0.239. The minimum atomic E-state index is -0.174. The molecule has 0 aromatic heterocycles. The van der Waals surface area contributed by atoms with E-state index in [0.717, 1.165) is 0 Å². The second-order valence-electron chi connectivity index (χ2n) is 7.95. The van der Waals surface area contributed by atoms with E-state index in [2.05, 4.69) is 26.1 Å². The summed E-state index contributed by atoms with van der Waals surface area (Å²) in [6.45, 7) is 7.53. The summed E-state index contributed by atoms with van der Waals surface area (Å²) in [4.78, 5) is 26.0. The highest BCUT2D eigenvalue weighted by Gasteiger charge is 2.15. The van der Waals surface area contributed by atoms with Crippen molar-refractivity contribution in [3.8, 4) is 5.75 Å². The average Bonchev–Trinajstić information content (AvgIpc) is 2.68. The average molecular weight is 417 g/mol. The molecule has 0 unspecified atom stereocenters. The van der Waals surface area contributed by atoms with Gasteiger partial charge in [0.1, 0.15) is 12.4 Å². The van der Waals surface area contributed by atoms with Crippen LogP contribution in [0.5, 0.6) is 5.75 Å². The first-order valence-electron chi connectivity index (χ1n) is 9.68. The zero-order valence-electron chi connectivity index (χ0n) is 17.5. The first kappa shape index (κ1) is 22.8. The number of amides is 2. The molecule has 156 valence electrons. The van der Waals surface area contributed by atoms with Gasteiger partial charge in [0, 0.05) is 30.6 Å². The minimum Gasteiger partial charge on any atom is -0.492 e. The van der Waals surface area contributed by atoms with Crippen molar-refractivity contribution in [1.82, 2.24) is 10.2 Å². The number of rotatable bonds is 8. The van der Waals surface area contributed by atoms with E-state index < -0.39 is 0 Å². The molecule has 0 heterocycles. The van der Waals surface area contributed by atoms with Crippen LogP contribution in [-0.4, -0.2) is 43.5 Å². The number of nitrogens with zero attached hydrogens (tertiary/aromatic N) is 1. The van der Waals surface area contributed by atoms with Crippen LogP contribution in [0.4, 0.5) is 0 Å². The number of carbonyl (C=O) groups is 2. The third-order valence-electron chi connectivity index (χ3n) is 4.57. The van der Waals surface area contributed by atoms with Gasteiger partial charge in [-0.15, -0.1) is 0 Å². The molecule has 6 heteroatoms. The molecule has 1 N–H and O–H groups in total. The lowest BCUT2D eigenvalue weighted by atomic mass is 9.87. The third kappa shape index (κ3) is 7.42. The molecule has 0 radical (unpaired) electrons. The standard InChI is InChI=1S/C23H29ClN2O3/c1-23(2,3)18-7-5-17(6-8-18)22(28)25-14-13-21(27)26(4)15-16-29-20-11-9-19(24)10-12-20/h5-12H,13-16H2,1-4H3,(H,25,28). The Labute approximate surface area is 178 Å². The molecule has 0 bridgehead atoms. The number of hydrogen-bond donors (Lipinski definition) is 1. The van der Waals surface area contributed by atoms with Crippen molar-refractivity contribution in [2.45, 2.75) is 32.6 Å². The van der Waals surface area contributed by atoms with Crippen molar-refractivity contribution in [3.63, 3.8) is 0 Å². The molecular formula is C23H29ClN2O3. The molecule has 0 aliphatic carbocycles. The molecule has 29 heavy (non-hydrogen) atoms. The first-order chi connectivity index (χ1) is 13.7. The Morgan fingerprint density at radius 2 is 1.66 bits per heavy atom. The van der Waals surface area contributed by atoms with Crippen LogP contribution < -0.4 is 10.1 Å². The fraction of sp³-hybridized carbons (Fsp3) is 0.391. The van der Waals surface area contributed by atoms with Crippen LogP contribution in [0.15, 0.2) is 48.5 Å². The topological polar surface area (TPSA) is 58.6 Å². The molecule has 0 saturated heterocycles. The van der Waals surface area contributed by atoms with Crippen LogP contribution in [0.2, 0.25) is 5.02 Å². The summed E-state index contributed by atoms with van der Waals surface area (Å²) in [6, 6.07) is 14.6. The van der Waals surface area contributed by atoms with E-state index in [1.807, 2.05) is 24.3 Å². The molecular weight excluding hydrogens is 388 g/mol. The van der Waals surface area contributed by atoms with Gasteiger partial charge in [0.05, 0.1) is 6.54 Å². The number of benzene rings is 2. The van der Waals surface area contributed by atoms with Crippen molar-refractivity contribution in [1.29, 1.82) is 0 Å². The SMILES string of the molecule is CN(CCOc1ccc(Cl)cc1)C(=O)CCNC(=O)c1ccc(C(C)(C)C)cc1. The molecule has 0 spiro atoms. The van der Waals surface area contributed by atoms with Crippen molar-refractivity contribution < 1.29 is 14.3 Å². The Morgan fingerprint density at radius 1 is 1.03 bits per heavy atom. The minimum absolute atomic E-state index is 0.0449. The fourth-order valence-electron chi connectivity index (χ4n) is 2.65. The molecule has 0 aliphatic heterocycles. The number of nitrogens with one attached hydrogen (secondary N) is 1. The Balaban J connectivity index is 1.69. The van der Waals surface area contributed by atoms with Crippen molar-refractivity contribution in [2.75, 3.05) is 26.7 Å². The normalized spacial score (nSPS) is 11.1. The monoisotopic (exact) mass is 416 g/mol. The van der Waals surface area contributed by atoms with Gasteiger partial charge in [-0.1, -0.05) is 44.5 Å². The lowest BCUT2D eigenvalue weighted by Gasteiger charge is -2.19. The van der Waals surface area contributed by atoms with E-state index in [9.17, 15) is 9.59 Å². The van der Waals surface area contributed by atoms with E-state index >= 15 is 0 Å². The van der Waals surface area contributed by atoms with Crippen molar-refractivity contribution in [3.05, 3.63) is 64.7 Å². The zero-order chi connectivity index (χ0) is 21.4. The summed E-state index contributed by atoms with van der Waals surface area (Å²) in [5, 5.41) is 3.45. The van der Waals surface area contributed by atoms with Gasteiger partial charge in [0.15, 0.2) is 0 Å². The highest BCUT2D eigenvalue weighted by molar-refractivity contribution is 6.30. The Kier molecular flexibility index (Phi) is 8.09. The van der Waals surface area contributed by atoms with Gasteiger partial charge >= 0.3 is 0 Å². The fourth-order valence-corrected chi connectivity index (χ4v) is 2.78. The van der Waals surface area contributed by atoms with Gasteiger partial charge in [-0.3, -0.25) is 9.59 Å². The van der Waals surface area contributed by atoms with Crippen LogP contribution in [0.1, 0.15) is 43.1 Å². The maximum absolute atomic E-state index is 12.2. The predicted molar refractivity (Wildman–Crippen MR) is 117 cm³/mol. The highest BCUT2D eigenvalue weighted by Crippen LogP contribution is 2.22. The highest BCUT2D eigenvalue weighted by atomic mass is 35.5. The molecule has 2 rings (SSSR count). The van der Waals surface area contributed by atoms with Crippen LogP contribution in [0.25, 0.3) is 0 Å². The van der Waals surface area contributed by atoms with E-state index in [1.54, 1.807) is 36.2 Å². The molecule has 0 saturated carbocycles. The maximum Gasteiger partial charge on any atom is 0.251 e. The Bertz CT molecular complexity index is 812. The van der Waals surface area contributed by atoms with Crippen molar-refractivity contribution in [2.24, 2.45) is 0 Å². The molecule has 2 aromatic rings. The molecule has 2 amide bonds. The molecule has 5 nitrogen and oxygen atoms in total. The van der Waals surface area contributed by atoms with E-state index in [-0.39, 0.29) is 23.7 Å². The number of carbonyl (C=O) groups excluding carboxylic acids is 2. The van der Waals surface area contributed by atoms with Crippen LogP contribution >= 0.6 is 11.6 Å². The number of ether oxygens (including phenoxy) is 1. The third-order valence-corrected chi connectivity index (χ3v) is 4.82. The first-order valence-corrected chi connectivity index (χ1v) is 10.1. The molecule has 0 aliphatic rings. The van der Waals surface area contributed by atoms with E-state index in [0.29, 0.717) is 36.0 Å². The molecule has 2 aromatic carbocycles. The summed E-state index contributed by atoms with van der Waals surface area (Å²) >= 11 is 5.83. The maximum atomic E-state index is 12.2. The van der Waals surface area contributed by atoms with Crippen molar-refractivity contribution >= 4 is 23.4 Å². The number of hydrogen-bond acceptors (Lipinski definition) is 3. The lowest BCUT2D eigenvalue weighted by Crippen LogP contribution is -2.34. The van der Waals surface area contributed by atoms with Gasteiger partial charge in [0.2, 0.25) is 5.91 Å². The smallest absolute Gasteiger partial charge is 0.251 e. The summed E-state index contributed by atoms with van der Waals surface area (Å²) in [5.41, 5.74) is 1.81. The Hall–Kier alpha value is -2.53. The van der Waals surface area contributed by atoms with Gasteiger partial charge in [-0.2, -0.15) is 0 Å². The van der Waals surface area contributed by atoms with Gasteiger partial charge in [-0.25, -0.2) is 0 Å². The Morgan fingerprint density at radius 3 is 2.24 bits per heavy atom. The predicted octanol–water partition coefficient (Wildman–Crippen LogP) is 4.29. The van der Waals surface area contributed by atoms with Gasteiger partial charge in [0.25, 0.3) is 5.91 Å². The molecule has 0 fully saturated rings. The van der Waals surface area contributed by atoms with Crippen LogP contribution in [0.3, 0.4) is 0 Å². The summed E-state index contributed by atoms with van der Waals surface area (Å²) in [7, 11) is 1.72. The zero-order valence-corrected chi connectivity index (χ0v) is 18.3. The van der Waals surface area contributed by atoms with Gasteiger partial charge in [-0.05, 0) is 47.4 Å². The lowest BCUT2D eigenvalue weighted by molar-refractivity contribution is -0.130. The summed E-state index contributed by atoms with van der Waals surface area (Å²) in [5.74, 6) is 0.486. The van der Waals surface area contributed by atoms with Gasteiger partial charge < -0.3 is 15.0 Å².